The lowest BCUT2D eigenvalue weighted by Gasteiger charge is -2.67. The summed E-state index contributed by atoms with van der Waals surface area (Å²) in [6.07, 6.45) is -11.4. The summed E-state index contributed by atoms with van der Waals surface area (Å²) in [4.78, 5) is 84.4. The molecule has 3 fully saturated rings. The lowest BCUT2D eigenvalue weighted by Crippen LogP contribution is -2.82. The van der Waals surface area contributed by atoms with E-state index in [1.165, 1.54) is 39.8 Å². The summed E-state index contributed by atoms with van der Waals surface area (Å²) in [5.41, 5.74) is -7.92. The van der Waals surface area contributed by atoms with Crippen molar-refractivity contribution in [2.45, 2.75) is 105 Å². The molecule has 18 heteroatoms. The van der Waals surface area contributed by atoms with Gasteiger partial charge in [-0.05, 0) is 54.8 Å². The molecule has 1 aliphatic heterocycles. The number of Topliss-reactive ketones (excluding diaryl/α,β-unsaturated/α-hetero) is 1. The summed E-state index contributed by atoms with van der Waals surface area (Å²) in [5.74, 6) is -7.97. The maximum Gasteiger partial charge on any atom is 0.359 e. The van der Waals surface area contributed by atoms with Gasteiger partial charge in [0.05, 0.1) is 35.6 Å². The standard InChI is InChI=1S/C47H48Cl3NO14/c1-24-29(63-41(58)34(54)33(26-15-9-6-10-16-26)51-39(56)27-17-11-7-12-18-27)22-46(60)38(64-40(57)28-19-13-8-14-20-28)36-44(5,37(55)35(62-25(2)52)32(24)43(46,3)4)30(53)21-31-45(36,23-61-31)65-42(59)47(48,49)50/h6-20,29-31,33-36,38,53-54,60H,21-23H2,1-5H3,(H,51,56)/t29-,30-,31?,33-,34+,35+,36-,38-,44+,45-,46+/m0/s1. The largest absolute Gasteiger partial charge is 0.456 e. The molecule has 2 bridgehead atoms. The molecule has 2 saturated carbocycles. The van der Waals surface area contributed by atoms with Gasteiger partial charge in [-0.15, -0.1) is 0 Å². The van der Waals surface area contributed by atoms with Crippen LogP contribution in [0.2, 0.25) is 0 Å². The second kappa shape index (κ2) is 17.7. The van der Waals surface area contributed by atoms with E-state index in [0.717, 1.165) is 6.92 Å². The number of aliphatic hydroxyl groups is 3. The van der Waals surface area contributed by atoms with Gasteiger partial charge < -0.3 is 44.3 Å². The molecule has 346 valence electrons. The van der Waals surface area contributed by atoms with Crippen LogP contribution in [0.15, 0.2) is 102 Å². The molecule has 0 aromatic heterocycles. The van der Waals surface area contributed by atoms with E-state index in [1.807, 2.05) is 0 Å². The Bertz CT molecular complexity index is 2390. The predicted molar refractivity (Wildman–Crippen MR) is 232 cm³/mol. The number of hydrogen-bond donors (Lipinski definition) is 4. The van der Waals surface area contributed by atoms with E-state index in [9.17, 15) is 39.3 Å². The Hall–Kier alpha value is -4.87. The Morgan fingerprint density at radius 3 is 1.97 bits per heavy atom. The van der Waals surface area contributed by atoms with Crippen LogP contribution in [0.25, 0.3) is 0 Å². The molecular weight excluding hydrogens is 909 g/mol. The van der Waals surface area contributed by atoms with Crippen LogP contribution in [0.3, 0.4) is 0 Å². The SMILES string of the molecule is CC(=O)O[C@H]1C(=O)[C@]2(C)[C@@H](O)CC3OC[C@@]3(OC(=O)C(Cl)(Cl)Cl)[C@H]2[C@H](OC(=O)c2ccccc2)[C@]2(O)C[C@H](OC(=O)[C@H](O)[C@@H](NC(=O)c3ccccc3)c3ccccc3)C(C)=C1C2(C)C. The van der Waals surface area contributed by atoms with Crippen LogP contribution in [0.4, 0.5) is 0 Å². The molecular formula is C47H48Cl3NO14. The Morgan fingerprint density at radius 2 is 1.43 bits per heavy atom. The van der Waals surface area contributed by atoms with E-state index in [-0.39, 0.29) is 28.7 Å². The summed E-state index contributed by atoms with van der Waals surface area (Å²) in [6, 6.07) is 22.5. The van der Waals surface area contributed by atoms with Crippen molar-refractivity contribution in [1.82, 2.24) is 5.32 Å². The van der Waals surface area contributed by atoms with Gasteiger partial charge in [-0.3, -0.25) is 14.4 Å². The predicted octanol–water partition coefficient (Wildman–Crippen LogP) is 5.09. The summed E-state index contributed by atoms with van der Waals surface area (Å²) in [5, 5.41) is 40.4. The van der Waals surface area contributed by atoms with Crippen molar-refractivity contribution >= 4 is 70.4 Å². The highest BCUT2D eigenvalue weighted by molar-refractivity contribution is 6.75. The topological polar surface area (TPSA) is 221 Å². The van der Waals surface area contributed by atoms with Gasteiger partial charge >= 0.3 is 23.9 Å². The highest BCUT2D eigenvalue weighted by Gasteiger charge is 2.78. The first-order chi connectivity index (χ1) is 30.5. The lowest BCUT2D eigenvalue weighted by molar-refractivity contribution is -0.346. The maximum atomic E-state index is 15.6. The molecule has 65 heavy (non-hydrogen) atoms. The molecule has 1 saturated heterocycles. The van der Waals surface area contributed by atoms with E-state index in [1.54, 1.807) is 78.9 Å². The zero-order valence-electron chi connectivity index (χ0n) is 35.9. The Labute approximate surface area is 389 Å². The molecule has 11 atom stereocenters. The highest BCUT2D eigenvalue weighted by Crippen LogP contribution is 2.64. The number of alkyl halides is 3. The molecule has 3 aromatic rings. The number of carbonyl (C=O) groups is 6. The fraction of sp³-hybridized carbons (Fsp3) is 0.447. The van der Waals surface area contributed by atoms with Crippen LogP contribution in [-0.4, -0.2) is 109 Å². The number of nitrogens with one attached hydrogen (secondary N) is 1. The maximum absolute atomic E-state index is 15.6. The number of hydrogen-bond acceptors (Lipinski definition) is 14. The second-order valence-electron chi connectivity index (χ2n) is 17.6. The molecule has 3 aliphatic carbocycles. The van der Waals surface area contributed by atoms with Crippen molar-refractivity contribution < 1.29 is 67.8 Å². The Balaban J connectivity index is 1.40. The number of benzene rings is 3. The molecule has 1 amide bonds. The summed E-state index contributed by atoms with van der Waals surface area (Å²) >= 11 is 18.1. The third-order valence-corrected chi connectivity index (χ3v) is 14.1. The summed E-state index contributed by atoms with van der Waals surface area (Å²) < 4.78 is 27.5. The number of ether oxygens (including phenoxy) is 5. The molecule has 4 aliphatic rings. The summed E-state index contributed by atoms with van der Waals surface area (Å²) in [6.45, 7) is 6.37. The first-order valence-corrected chi connectivity index (χ1v) is 21.9. The third kappa shape index (κ3) is 8.34. The monoisotopic (exact) mass is 955 g/mol. The van der Waals surface area contributed by atoms with Gasteiger partial charge in [-0.2, -0.15) is 0 Å². The summed E-state index contributed by atoms with van der Waals surface area (Å²) in [7, 11) is 0. The smallest absolute Gasteiger partial charge is 0.359 e. The zero-order valence-corrected chi connectivity index (χ0v) is 38.1. The lowest BCUT2D eigenvalue weighted by atomic mass is 9.44. The first-order valence-electron chi connectivity index (χ1n) is 20.8. The fourth-order valence-electron chi connectivity index (χ4n) is 10.1. The molecule has 15 nitrogen and oxygen atoms in total. The number of esters is 4. The molecule has 0 spiro atoms. The Morgan fingerprint density at radius 1 is 0.862 bits per heavy atom. The van der Waals surface area contributed by atoms with E-state index >= 15 is 4.79 Å². The van der Waals surface area contributed by atoms with Crippen molar-refractivity contribution in [1.29, 1.82) is 0 Å². The van der Waals surface area contributed by atoms with Gasteiger partial charge in [-0.25, -0.2) is 14.4 Å². The molecule has 3 aromatic carbocycles. The van der Waals surface area contributed by atoms with Crippen molar-refractivity contribution in [3.63, 3.8) is 0 Å². The van der Waals surface area contributed by atoms with Gasteiger partial charge in [0.25, 0.3) is 9.70 Å². The minimum atomic E-state index is -2.68. The quantitative estimate of drug-likeness (QED) is 0.0901. The number of carbonyl (C=O) groups excluding carboxylic acids is 6. The minimum absolute atomic E-state index is 0.00486. The van der Waals surface area contributed by atoms with Crippen molar-refractivity contribution in [2.75, 3.05) is 6.61 Å². The van der Waals surface area contributed by atoms with Crippen LogP contribution < -0.4 is 5.32 Å². The number of amides is 1. The van der Waals surface area contributed by atoms with Gasteiger partial charge in [0, 0.05) is 30.7 Å². The van der Waals surface area contributed by atoms with Crippen LogP contribution in [0.5, 0.6) is 0 Å². The second-order valence-corrected chi connectivity index (χ2v) is 19.9. The van der Waals surface area contributed by atoms with Crippen molar-refractivity contribution in [3.05, 3.63) is 119 Å². The molecule has 0 radical (unpaired) electrons. The first kappa shape index (κ1) is 48.1. The zero-order chi connectivity index (χ0) is 47.4. The number of rotatable bonds is 10. The van der Waals surface area contributed by atoms with Crippen LogP contribution in [-0.2, 0) is 42.9 Å². The van der Waals surface area contributed by atoms with Crippen LogP contribution >= 0.6 is 34.8 Å². The van der Waals surface area contributed by atoms with Crippen molar-refractivity contribution in [2.24, 2.45) is 16.7 Å². The molecule has 7 rings (SSSR count). The van der Waals surface area contributed by atoms with Crippen LogP contribution in [0, 0.1) is 16.7 Å². The molecule has 1 heterocycles. The van der Waals surface area contributed by atoms with E-state index < -0.39 is 123 Å². The number of halogens is 3. The molecule has 1 unspecified atom stereocenters. The van der Waals surface area contributed by atoms with E-state index in [2.05, 4.69) is 5.32 Å². The normalized spacial score (nSPS) is 31.2. The van der Waals surface area contributed by atoms with Gasteiger partial charge in [0.2, 0.25) is 0 Å². The van der Waals surface area contributed by atoms with E-state index in [0.29, 0.717) is 5.56 Å². The fourth-order valence-corrected chi connectivity index (χ4v) is 10.3. The molecule has 4 N–H and O–H groups in total. The van der Waals surface area contributed by atoms with Gasteiger partial charge in [-0.1, -0.05) is 115 Å². The third-order valence-electron chi connectivity index (χ3n) is 13.7. The van der Waals surface area contributed by atoms with Crippen molar-refractivity contribution in [3.8, 4) is 0 Å². The number of aliphatic hydroxyl groups excluding tert-OH is 2. The van der Waals surface area contributed by atoms with Crippen LogP contribution in [0.1, 0.15) is 79.8 Å². The number of fused-ring (bicyclic) bond motifs is 5. The highest BCUT2D eigenvalue weighted by atomic mass is 35.6. The minimum Gasteiger partial charge on any atom is -0.456 e. The average molecular weight is 957 g/mol. The average Bonchev–Trinajstić information content (AvgIpc) is 3.26. The van der Waals surface area contributed by atoms with Gasteiger partial charge in [0.15, 0.2) is 23.6 Å². The number of ketones is 1. The van der Waals surface area contributed by atoms with E-state index in [4.69, 9.17) is 58.5 Å². The Kier molecular flexibility index (Phi) is 13.1. The van der Waals surface area contributed by atoms with Gasteiger partial charge in [0.1, 0.15) is 23.9 Å².